The number of carbonyl (C=O) groups excluding carboxylic acids is 1. The van der Waals surface area contributed by atoms with Crippen LogP contribution in [0.2, 0.25) is 0 Å². The maximum Gasteiger partial charge on any atom is 0.253 e. The van der Waals surface area contributed by atoms with Gasteiger partial charge >= 0.3 is 0 Å². The number of ether oxygens (including phenoxy) is 1. The van der Waals surface area contributed by atoms with Gasteiger partial charge in [-0.2, -0.15) is 11.8 Å². The van der Waals surface area contributed by atoms with Crippen molar-refractivity contribution in [2.24, 2.45) is 0 Å². The molecule has 1 aromatic rings. The van der Waals surface area contributed by atoms with Gasteiger partial charge in [-0.25, -0.2) is 0 Å². The monoisotopic (exact) mass is 334 g/mol. The second kappa shape index (κ2) is 7.69. The van der Waals surface area contributed by atoms with Gasteiger partial charge in [0.15, 0.2) is 0 Å². The summed E-state index contributed by atoms with van der Waals surface area (Å²) in [7, 11) is 0. The quantitative estimate of drug-likeness (QED) is 0.847. The third-order valence-electron chi connectivity index (χ3n) is 4.65. The SMILES string of the molecule is Cc1ccc(C)c(CN2CCOC(C(=O)N3CCSCC3)C2)c1. The second-order valence-electron chi connectivity index (χ2n) is 6.46. The van der Waals surface area contributed by atoms with E-state index in [1.165, 1.54) is 16.7 Å². The molecule has 23 heavy (non-hydrogen) atoms. The summed E-state index contributed by atoms with van der Waals surface area (Å²) in [6, 6.07) is 6.58. The van der Waals surface area contributed by atoms with E-state index in [0.717, 1.165) is 37.7 Å². The predicted molar refractivity (Wildman–Crippen MR) is 94.8 cm³/mol. The minimum absolute atomic E-state index is 0.177. The Morgan fingerprint density at radius 1 is 1.26 bits per heavy atom. The lowest BCUT2D eigenvalue weighted by atomic mass is 10.0. The van der Waals surface area contributed by atoms with Crippen molar-refractivity contribution < 1.29 is 9.53 Å². The smallest absolute Gasteiger partial charge is 0.253 e. The van der Waals surface area contributed by atoms with E-state index >= 15 is 0 Å². The highest BCUT2D eigenvalue weighted by molar-refractivity contribution is 7.99. The fourth-order valence-electron chi connectivity index (χ4n) is 3.19. The summed E-state index contributed by atoms with van der Waals surface area (Å²) >= 11 is 1.92. The molecule has 2 aliphatic rings. The van der Waals surface area contributed by atoms with Crippen LogP contribution in [0, 0.1) is 13.8 Å². The van der Waals surface area contributed by atoms with Crippen LogP contribution in [0.1, 0.15) is 16.7 Å². The van der Waals surface area contributed by atoms with E-state index in [1.54, 1.807) is 0 Å². The maximum absolute atomic E-state index is 12.6. The molecule has 126 valence electrons. The van der Waals surface area contributed by atoms with Crippen LogP contribution in [0.4, 0.5) is 0 Å². The molecule has 1 aromatic carbocycles. The Morgan fingerprint density at radius 2 is 2.04 bits per heavy atom. The van der Waals surface area contributed by atoms with E-state index < -0.39 is 0 Å². The standard InChI is InChI=1S/C18H26N2O2S/c1-14-3-4-15(2)16(11-14)12-19-5-8-22-17(13-19)18(21)20-6-9-23-10-7-20/h3-4,11,17H,5-10,12-13H2,1-2H3. The lowest BCUT2D eigenvalue weighted by molar-refractivity contribution is -0.149. The van der Waals surface area contributed by atoms with E-state index in [9.17, 15) is 4.79 Å². The number of hydrogen-bond acceptors (Lipinski definition) is 4. The van der Waals surface area contributed by atoms with Crippen LogP contribution in [0.15, 0.2) is 18.2 Å². The van der Waals surface area contributed by atoms with Crippen molar-refractivity contribution in [3.63, 3.8) is 0 Å². The molecule has 0 aromatic heterocycles. The largest absolute Gasteiger partial charge is 0.366 e. The summed E-state index contributed by atoms with van der Waals surface area (Å²) in [5, 5.41) is 0. The molecular formula is C18H26N2O2S. The molecule has 5 heteroatoms. The zero-order chi connectivity index (χ0) is 16.2. The number of carbonyl (C=O) groups is 1. The van der Waals surface area contributed by atoms with Crippen molar-refractivity contribution >= 4 is 17.7 Å². The van der Waals surface area contributed by atoms with Crippen molar-refractivity contribution in [2.75, 3.05) is 44.3 Å². The molecule has 0 spiro atoms. The van der Waals surface area contributed by atoms with Crippen LogP contribution in [0.25, 0.3) is 0 Å². The first kappa shape index (κ1) is 16.8. The van der Waals surface area contributed by atoms with E-state index in [4.69, 9.17) is 4.74 Å². The van der Waals surface area contributed by atoms with Gasteiger partial charge in [0.25, 0.3) is 5.91 Å². The Kier molecular flexibility index (Phi) is 5.62. The van der Waals surface area contributed by atoms with E-state index in [2.05, 4.69) is 36.9 Å². The van der Waals surface area contributed by atoms with Gasteiger partial charge in [0.2, 0.25) is 0 Å². The van der Waals surface area contributed by atoms with Crippen molar-refractivity contribution in [1.29, 1.82) is 0 Å². The maximum atomic E-state index is 12.6. The molecule has 0 aliphatic carbocycles. The molecule has 2 heterocycles. The number of aryl methyl sites for hydroxylation is 2. The molecule has 0 bridgehead atoms. The normalized spacial score (nSPS) is 23.0. The number of nitrogens with zero attached hydrogens (tertiary/aromatic N) is 2. The van der Waals surface area contributed by atoms with Crippen molar-refractivity contribution in [2.45, 2.75) is 26.5 Å². The molecule has 0 N–H and O–H groups in total. The van der Waals surface area contributed by atoms with Gasteiger partial charge in [-0.05, 0) is 25.0 Å². The van der Waals surface area contributed by atoms with Gasteiger partial charge in [0, 0.05) is 44.2 Å². The third kappa shape index (κ3) is 4.28. The Bertz CT molecular complexity index is 558. The van der Waals surface area contributed by atoms with Crippen LogP contribution < -0.4 is 0 Å². The molecule has 2 aliphatic heterocycles. The molecular weight excluding hydrogens is 308 g/mol. The number of amides is 1. The summed E-state index contributed by atoms with van der Waals surface area (Å²) in [6.45, 7) is 9.15. The number of benzene rings is 1. The first-order valence-corrected chi connectivity index (χ1v) is 9.55. The van der Waals surface area contributed by atoms with Crippen molar-refractivity contribution in [3.05, 3.63) is 34.9 Å². The molecule has 0 saturated carbocycles. The Hall–Kier alpha value is -1.04. The van der Waals surface area contributed by atoms with Crippen LogP contribution in [-0.4, -0.2) is 66.1 Å². The molecule has 1 amide bonds. The fourth-order valence-corrected chi connectivity index (χ4v) is 4.10. The zero-order valence-electron chi connectivity index (χ0n) is 14.1. The van der Waals surface area contributed by atoms with Crippen molar-refractivity contribution in [1.82, 2.24) is 9.80 Å². The number of rotatable bonds is 3. The average molecular weight is 334 g/mol. The lowest BCUT2D eigenvalue weighted by Crippen LogP contribution is -2.52. The Morgan fingerprint density at radius 3 is 2.83 bits per heavy atom. The topological polar surface area (TPSA) is 32.8 Å². The Labute approximate surface area is 143 Å². The molecule has 1 atom stereocenters. The van der Waals surface area contributed by atoms with Crippen LogP contribution in [-0.2, 0) is 16.1 Å². The summed E-state index contributed by atoms with van der Waals surface area (Å²) in [6.07, 6.45) is -0.294. The molecule has 0 radical (unpaired) electrons. The molecule has 1 unspecified atom stereocenters. The second-order valence-corrected chi connectivity index (χ2v) is 7.69. The van der Waals surface area contributed by atoms with E-state index in [1.807, 2.05) is 16.7 Å². The zero-order valence-corrected chi connectivity index (χ0v) is 14.9. The predicted octanol–water partition coefficient (Wildman–Crippen LogP) is 2.08. The fraction of sp³-hybridized carbons (Fsp3) is 0.611. The number of morpholine rings is 1. The highest BCUT2D eigenvalue weighted by atomic mass is 32.2. The van der Waals surface area contributed by atoms with Gasteiger partial charge < -0.3 is 9.64 Å². The highest BCUT2D eigenvalue weighted by Gasteiger charge is 2.31. The summed E-state index contributed by atoms with van der Waals surface area (Å²) in [5.41, 5.74) is 3.96. The lowest BCUT2D eigenvalue weighted by Gasteiger charge is -2.36. The van der Waals surface area contributed by atoms with Crippen LogP contribution in [0.5, 0.6) is 0 Å². The van der Waals surface area contributed by atoms with Crippen molar-refractivity contribution in [3.8, 4) is 0 Å². The minimum Gasteiger partial charge on any atom is -0.366 e. The number of hydrogen-bond donors (Lipinski definition) is 0. The first-order chi connectivity index (χ1) is 11.1. The van der Waals surface area contributed by atoms with Gasteiger partial charge in [-0.3, -0.25) is 9.69 Å². The van der Waals surface area contributed by atoms with Crippen LogP contribution in [0.3, 0.4) is 0 Å². The van der Waals surface area contributed by atoms with E-state index in [0.29, 0.717) is 13.2 Å². The number of thioether (sulfide) groups is 1. The molecule has 2 fully saturated rings. The highest BCUT2D eigenvalue weighted by Crippen LogP contribution is 2.18. The Balaban J connectivity index is 1.61. The first-order valence-electron chi connectivity index (χ1n) is 8.40. The minimum atomic E-state index is -0.294. The average Bonchev–Trinajstić information content (AvgIpc) is 2.58. The third-order valence-corrected chi connectivity index (χ3v) is 5.59. The summed E-state index contributed by atoms with van der Waals surface area (Å²) < 4.78 is 5.78. The molecule has 2 saturated heterocycles. The van der Waals surface area contributed by atoms with Crippen LogP contribution >= 0.6 is 11.8 Å². The molecule has 3 rings (SSSR count). The van der Waals surface area contributed by atoms with Gasteiger partial charge in [-0.15, -0.1) is 0 Å². The molecule has 4 nitrogen and oxygen atoms in total. The summed E-state index contributed by atoms with van der Waals surface area (Å²) in [4.78, 5) is 17.0. The van der Waals surface area contributed by atoms with Gasteiger partial charge in [-0.1, -0.05) is 23.8 Å². The van der Waals surface area contributed by atoms with E-state index in [-0.39, 0.29) is 12.0 Å². The van der Waals surface area contributed by atoms with Gasteiger partial charge in [0.05, 0.1) is 6.61 Å². The summed E-state index contributed by atoms with van der Waals surface area (Å²) in [5.74, 6) is 2.27. The van der Waals surface area contributed by atoms with Gasteiger partial charge in [0.1, 0.15) is 6.10 Å².